The monoisotopic (exact) mass is 399 g/mol. The third-order valence-corrected chi connectivity index (χ3v) is 4.45. The van der Waals surface area contributed by atoms with Gasteiger partial charge in [0.2, 0.25) is 0 Å². The molecule has 0 aliphatic heterocycles. The van der Waals surface area contributed by atoms with Gasteiger partial charge in [0, 0.05) is 0 Å². The predicted molar refractivity (Wildman–Crippen MR) is 110 cm³/mol. The highest BCUT2D eigenvalue weighted by atomic mass is 16.5. The largest absolute Gasteiger partial charge is 0.508 e. The normalized spacial score (nSPS) is 13.0. The number of aromatic hydroxyl groups is 1. The Labute approximate surface area is 171 Å². The van der Waals surface area contributed by atoms with Gasteiger partial charge < -0.3 is 14.6 Å². The van der Waals surface area contributed by atoms with E-state index in [1.54, 1.807) is 18.2 Å². The van der Waals surface area contributed by atoms with Crippen molar-refractivity contribution in [3.8, 4) is 5.75 Å². The number of carbonyl (C=O) groups is 2. The molecule has 2 aromatic rings. The summed E-state index contributed by atoms with van der Waals surface area (Å²) in [6.07, 6.45) is 0.794. The lowest BCUT2D eigenvalue weighted by atomic mass is 10.0. The van der Waals surface area contributed by atoms with Crippen molar-refractivity contribution in [1.29, 1.82) is 0 Å². The first-order valence-electron chi connectivity index (χ1n) is 9.71. The van der Waals surface area contributed by atoms with Crippen LogP contribution in [0.4, 0.5) is 0 Å². The second-order valence-electron chi connectivity index (χ2n) is 7.39. The number of ether oxygens (including phenoxy) is 2. The lowest BCUT2D eigenvalue weighted by molar-refractivity contribution is -0.149. The topological polar surface area (TPSA) is 84.9 Å². The van der Waals surface area contributed by atoms with E-state index in [2.05, 4.69) is 5.32 Å². The standard InChI is InChI=1S/C23H29NO5/c1-16(2)12-20(23(27)29-15-17-8-5-4-6-9-17)24-21(22(26)28-3)14-18-10-7-11-19(25)13-18/h4-11,13,16,20-21,24-25H,12,14-15H2,1-3H3/t20-,21+/m1/s1. The zero-order valence-corrected chi connectivity index (χ0v) is 17.1. The van der Waals surface area contributed by atoms with Gasteiger partial charge in [-0.1, -0.05) is 56.3 Å². The average molecular weight is 399 g/mol. The molecular formula is C23H29NO5. The number of phenolic OH excluding ortho intramolecular Hbond substituents is 1. The Morgan fingerprint density at radius 2 is 1.66 bits per heavy atom. The maximum Gasteiger partial charge on any atom is 0.323 e. The number of nitrogens with one attached hydrogen (secondary N) is 1. The van der Waals surface area contributed by atoms with E-state index in [4.69, 9.17) is 9.47 Å². The summed E-state index contributed by atoms with van der Waals surface area (Å²) in [5, 5.41) is 12.8. The Kier molecular flexibility index (Phi) is 8.68. The quantitative estimate of drug-likeness (QED) is 0.597. The molecule has 0 fully saturated rings. The van der Waals surface area contributed by atoms with E-state index in [0.717, 1.165) is 11.1 Å². The summed E-state index contributed by atoms with van der Waals surface area (Å²) < 4.78 is 10.4. The second kappa shape index (κ2) is 11.2. The first-order chi connectivity index (χ1) is 13.9. The lowest BCUT2D eigenvalue weighted by Gasteiger charge is -2.24. The van der Waals surface area contributed by atoms with E-state index >= 15 is 0 Å². The molecule has 0 aromatic heterocycles. The van der Waals surface area contributed by atoms with Crippen LogP contribution >= 0.6 is 0 Å². The van der Waals surface area contributed by atoms with Crippen LogP contribution < -0.4 is 5.32 Å². The average Bonchev–Trinajstić information content (AvgIpc) is 2.70. The van der Waals surface area contributed by atoms with Gasteiger partial charge in [0.05, 0.1) is 7.11 Å². The maximum atomic E-state index is 12.7. The van der Waals surface area contributed by atoms with E-state index in [0.29, 0.717) is 6.42 Å². The summed E-state index contributed by atoms with van der Waals surface area (Å²) in [4.78, 5) is 25.1. The van der Waals surface area contributed by atoms with Crippen LogP contribution in [0.25, 0.3) is 0 Å². The molecule has 0 spiro atoms. The zero-order chi connectivity index (χ0) is 21.2. The van der Waals surface area contributed by atoms with E-state index in [1.807, 2.05) is 50.2 Å². The van der Waals surface area contributed by atoms with Crippen molar-refractivity contribution in [2.75, 3.05) is 7.11 Å². The molecule has 0 bridgehead atoms. The Morgan fingerprint density at radius 1 is 0.966 bits per heavy atom. The first kappa shape index (κ1) is 22.4. The molecule has 0 saturated carbocycles. The zero-order valence-electron chi connectivity index (χ0n) is 17.1. The highest BCUT2D eigenvalue weighted by molar-refractivity contribution is 5.80. The van der Waals surface area contributed by atoms with Gasteiger partial charge in [0.1, 0.15) is 24.4 Å². The molecule has 0 radical (unpaired) electrons. The van der Waals surface area contributed by atoms with Gasteiger partial charge >= 0.3 is 11.9 Å². The summed E-state index contributed by atoms with van der Waals surface area (Å²) in [6.45, 7) is 4.18. The van der Waals surface area contributed by atoms with Crippen molar-refractivity contribution < 1.29 is 24.2 Å². The summed E-state index contributed by atoms with van der Waals surface area (Å²) in [5.41, 5.74) is 1.65. The molecule has 6 nitrogen and oxygen atoms in total. The minimum Gasteiger partial charge on any atom is -0.508 e. The molecular weight excluding hydrogens is 370 g/mol. The van der Waals surface area contributed by atoms with E-state index in [9.17, 15) is 14.7 Å². The SMILES string of the molecule is COC(=O)[C@H](Cc1cccc(O)c1)N[C@H](CC(C)C)C(=O)OCc1ccccc1. The van der Waals surface area contributed by atoms with Gasteiger partial charge in [-0.15, -0.1) is 0 Å². The highest BCUT2D eigenvalue weighted by Gasteiger charge is 2.29. The number of esters is 2. The third kappa shape index (κ3) is 7.58. The van der Waals surface area contributed by atoms with Crippen LogP contribution in [0.15, 0.2) is 54.6 Å². The predicted octanol–water partition coefficient (Wildman–Crippen LogP) is 3.22. The van der Waals surface area contributed by atoms with Crippen LogP contribution in [0.5, 0.6) is 5.75 Å². The van der Waals surface area contributed by atoms with Crippen molar-refractivity contribution in [2.45, 2.75) is 45.4 Å². The van der Waals surface area contributed by atoms with Gasteiger partial charge in [-0.2, -0.15) is 0 Å². The fraction of sp³-hybridized carbons (Fsp3) is 0.391. The Hall–Kier alpha value is -2.86. The van der Waals surface area contributed by atoms with Gasteiger partial charge in [-0.05, 0) is 42.0 Å². The lowest BCUT2D eigenvalue weighted by Crippen LogP contribution is -2.49. The summed E-state index contributed by atoms with van der Waals surface area (Å²) in [5.74, 6) is -0.548. The van der Waals surface area contributed by atoms with E-state index < -0.39 is 24.0 Å². The van der Waals surface area contributed by atoms with Crippen molar-refractivity contribution in [3.05, 3.63) is 65.7 Å². The smallest absolute Gasteiger partial charge is 0.323 e. The Morgan fingerprint density at radius 3 is 2.28 bits per heavy atom. The maximum absolute atomic E-state index is 12.7. The molecule has 6 heteroatoms. The number of hydrogen-bond donors (Lipinski definition) is 2. The van der Waals surface area contributed by atoms with Crippen LogP contribution in [0.3, 0.4) is 0 Å². The molecule has 156 valence electrons. The number of hydrogen-bond acceptors (Lipinski definition) is 6. The fourth-order valence-electron chi connectivity index (χ4n) is 3.05. The molecule has 2 rings (SSSR count). The van der Waals surface area contributed by atoms with Crippen LogP contribution in [-0.4, -0.2) is 36.2 Å². The first-order valence-corrected chi connectivity index (χ1v) is 9.71. The minimum atomic E-state index is -0.741. The van der Waals surface area contributed by atoms with Crippen molar-refractivity contribution >= 4 is 11.9 Å². The molecule has 2 N–H and O–H groups in total. The second-order valence-corrected chi connectivity index (χ2v) is 7.39. The van der Waals surface area contributed by atoms with Crippen LogP contribution in [-0.2, 0) is 32.1 Å². The Balaban J connectivity index is 2.10. The molecule has 0 amide bonds. The Bertz CT molecular complexity index is 791. The number of phenols is 1. The van der Waals surface area contributed by atoms with E-state index in [1.165, 1.54) is 7.11 Å². The van der Waals surface area contributed by atoms with Gasteiger partial charge in [-0.25, -0.2) is 0 Å². The van der Waals surface area contributed by atoms with Crippen molar-refractivity contribution in [1.82, 2.24) is 5.32 Å². The number of methoxy groups -OCH3 is 1. The van der Waals surface area contributed by atoms with Crippen LogP contribution in [0, 0.1) is 5.92 Å². The van der Waals surface area contributed by atoms with Crippen LogP contribution in [0.2, 0.25) is 0 Å². The molecule has 0 saturated heterocycles. The number of benzene rings is 2. The minimum absolute atomic E-state index is 0.118. The van der Waals surface area contributed by atoms with Crippen LogP contribution in [0.1, 0.15) is 31.4 Å². The van der Waals surface area contributed by atoms with Gasteiger partial charge in [-0.3, -0.25) is 14.9 Å². The van der Waals surface area contributed by atoms with Gasteiger partial charge in [0.15, 0.2) is 0 Å². The summed E-state index contributed by atoms with van der Waals surface area (Å²) >= 11 is 0. The summed E-state index contributed by atoms with van der Waals surface area (Å²) in [7, 11) is 1.31. The third-order valence-electron chi connectivity index (χ3n) is 4.45. The van der Waals surface area contributed by atoms with Crippen molar-refractivity contribution in [3.63, 3.8) is 0 Å². The molecule has 2 atom stereocenters. The molecule has 0 unspecified atom stereocenters. The highest BCUT2D eigenvalue weighted by Crippen LogP contribution is 2.15. The van der Waals surface area contributed by atoms with E-state index in [-0.39, 0.29) is 24.7 Å². The van der Waals surface area contributed by atoms with Crippen molar-refractivity contribution in [2.24, 2.45) is 5.92 Å². The number of carbonyl (C=O) groups excluding carboxylic acids is 2. The molecule has 0 aliphatic carbocycles. The fourth-order valence-corrected chi connectivity index (χ4v) is 3.05. The molecule has 0 heterocycles. The number of rotatable bonds is 10. The molecule has 0 aliphatic rings. The molecule has 2 aromatic carbocycles. The van der Waals surface area contributed by atoms with Gasteiger partial charge in [0.25, 0.3) is 0 Å². The molecule has 29 heavy (non-hydrogen) atoms. The summed E-state index contributed by atoms with van der Waals surface area (Å²) in [6, 6.07) is 14.7.